The summed E-state index contributed by atoms with van der Waals surface area (Å²) >= 11 is 1.64. The van der Waals surface area contributed by atoms with E-state index >= 15 is 0 Å². The largest absolute Gasteiger partial charge is 0.393 e. The molecule has 0 bridgehead atoms. The van der Waals surface area contributed by atoms with E-state index in [4.69, 9.17) is 4.74 Å². The number of hydrogen-bond acceptors (Lipinski definition) is 4. The van der Waals surface area contributed by atoms with E-state index in [1.54, 1.807) is 11.3 Å². The quantitative estimate of drug-likeness (QED) is 0.879. The molecule has 1 aliphatic heterocycles. The lowest BCUT2D eigenvalue weighted by Gasteiger charge is -2.23. The number of aliphatic hydroxyl groups excluding tert-OH is 1. The van der Waals surface area contributed by atoms with E-state index in [-0.39, 0.29) is 6.10 Å². The molecular weight excluding hydrogens is 234 g/mol. The maximum absolute atomic E-state index is 9.95. The van der Waals surface area contributed by atoms with Gasteiger partial charge in [-0.15, -0.1) is 11.3 Å². The van der Waals surface area contributed by atoms with Crippen LogP contribution in [0.5, 0.6) is 0 Å². The first-order valence-corrected chi connectivity index (χ1v) is 7.32. The first-order chi connectivity index (χ1) is 8.24. The molecule has 1 saturated heterocycles. The first kappa shape index (κ1) is 13.0. The SMILES string of the molecule is Cc1csc(CC(O)CCC2CCCCO2)n1. The fourth-order valence-corrected chi connectivity index (χ4v) is 3.06. The molecule has 1 aliphatic rings. The predicted octanol–water partition coefficient (Wildman–Crippen LogP) is 2.70. The fourth-order valence-electron chi connectivity index (χ4n) is 2.21. The average Bonchev–Trinajstić information content (AvgIpc) is 2.73. The van der Waals surface area contributed by atoms with Crippen molar-refractivity contribution >= 4 is 11.3 Å². The van der Waals surface area contributed by atoms with Crippen molar-refractivity contribution in [3.05, 3.63) is 16.1 Å². The summed E-state index contributed by atoms with van der Waals surface area (Å²) in [5.41, 5.74) is 1.05. The molecule has 0 radical (unpaired) electrons. The van der Waals surface area contributed by atoms with Gasteiger partial charge in [-0.05, 0) is 39.0 Å². The predicted molar refractivity (Wildman–Crippen MR) is 69.4 cm³/mol. The summed E-state index contributed by atoms with van der Waals surface area (Å²) in [4.78, 5) is 4.37. The Bertz CT molecular complexity index is 334. The fraction of sp³-hybridized carbons (Fsp3) is 0.769. The highest BCUT2D eigenvalue weighted by Gasteiger charge is 2.16. The number of nitrogens with zero attached hydrogens (tertiary/aromatic N) is 1. The van der Waals surface area contributed by atoms with Crippen molar-refractivity contribution in [1.82, 2.24) is 4.98 Å². The van der Waals surface area contributed by atoms with Crippen molar-refractivity contribution in [2.45, 2.75) is 57.7 Å². The highest BCUT2D eigenvalue weighted by atomic mass is 32.1. The Morgan fingerprint density at radius 3 is 3.12 bits per heavy atom. The van der Waals surface area contributed by atoms with Crippen molar-refractivity contribution in [1.29, 1.82) is 0 Å². The number of hydrogen-bond donors (Lipinski definition) is 1. The van der Waals surface area contributed by atoms with Crippen LogP contribution in [0.3, 0.4) is 0 Å². The Morgan fingerprint density at radius 1 is 1.59 bits per heavy atom. The third-order valence-corrected chi connectivity index (χ3v) is 4.16. The van der Waals surface area contributed by atoms with Gasteiger partial charge in [0, 0.05) is 24.1 Å². The molecule has 1 aromatic rings. The molecule has 96 valence electrons. The van der Waals surface area contributed by atoms with Crippen LogP contribution in [0.25, 0.3) is 0 Å². The van der Waals surface area contributed by atoms with Gasteiger partial charge in [-0.2, -0.15) is 0 Å². The van der Waals surface area contributed by atoms with Gasteiger partial charge in [-0.25, -0.2) is 4.98 Å². The van der Waals surface area contributed by atoms with E-state index < -0.39 is 0 Å². The standard InChI is InChI=1S/C13H21NO2S/c1-10-9-17-13(14-10)8-11(15)5-6-12-4-2-3-7-16-12/h9,11-12,15H,2-8H2,1H3. The van der Waals surface area contributed by atoms with Gasteiger partial charge in [0.15, 0.2) is 0 Å². The highest BCUT2D eigenvalue weighted by Crippen LogP contribution is 2.19. The molecule has 17 heavy (non-hydrogen) atoms. The van der Waals surface area contributed by atoms with Crippen LogP contribution in [-0.2, 0) is 11.2 Å². The van der Waals surface area contributed by atoms with Crippen LogP contribution in [0.15, 0.2) is 5.38 Å². The van der Waals surface area contributed by atoms with Gasteiger partial charge in [-0.3, -0.25) is 0 Å². The summed E-state index contributed by atoms with van der Waals surface area (Å²) in [7, 11) is 0. The molecule has 0 spiro atoms. The van der Waals surface area contributed by atoms with Crippen LogP contribution >= 0.6 is 11.3 Å². The van der Waals surface area contributed by atoms with E-state index in [9.17, 15) is 5.11 Å². The molecule has 0 saturated carbocycles. The number of aryl methyl sites for hydroxylation is 1. The maximum atomic E-state index is 9.95. The Morgan fingerprint density at radius 2 is 2.47 bits per heavy atom. The summed E-state index contributed by atoms with van der Waals surface area (Å²) in [5.74, 6) is 0. The lowest BCUT2D eigenvalue weighted by molar-refractivity contribution is 0.00234. The normalized spacial score (nSPS) is 22.6. The van der Waals surface area contributed by atoms with Crippen molar-refractivity contribution in [2.24, 2.45) is 0 Å². The number of aliphatic hydroxyl groups is 1. The van der Waals surface area contributed by atoms with E-state index in [1.165, 1.54) is 12.8 Å². The van der Waals surface area contributed by atoms with Crippen LogP contribution in [0.4, 0.5) is 0 Å². The molecule has 0 aliphatic carbocycles. The molecule has 1 fully saturated rings. The number of rotatable bonds is 5. The minimum atomic E-state index is -0.272. The van der Waals surface area contributed by atoms with Crippen LogP contribution in [0.2, 0.25) is 0 Å². The topological polar surface area (TPSA) is 42.4 Å². The highest BCUT2D eigenvalue weighted by molar-refractivity contribution is 7.09. The molecular formula is C13H21NO2S. The van der Waals surface area contributed by atoms with E-state index in [2.05, 4.69) is 4.98 Å². The van der Waals surface area contributed by atoms with E-state index in [1.807, 2.05) is 12.3 Å². The summed E-state index contributed by atoms with van der Waals surface area (Å²) in [6.07, 6.45) is 6.20. The Hall–Kier alpha value is -0.450. The molecule has 0 aromatic carbocycles. The summed E-state index contributed by atoms with van der Waals surface area (Å²) in [5, 5.41) is 13.0. The minimum Gasteiger partial charge on any atom is -0.393 e. The Balaban J connectivity index is 1.68. The summed E-state index contributed by atoms with van der Waals surface area (Å²) in [6.45, 7) is 2.88. The molecule has 2 rings (SSSR count). The summed E-state index contributed by atoms with van der Waals surface area (Å²) < 4.78 is 5.66. The maximum Gasteiger partial charge on any atom is 0.0953 e. The van der Waals surface area contributed by atoms with Crippen LogP contribution < -0.4 is 0 Å². The van der Waals surface area contributed by atoms with Crippen molar-refractivity contribution < 1.29 is 9.84 Å². The lowest BCUT2D eigenvalue weighted by Crippen LogP contribution is -2.21. The van der Waals surface area contributed by atoms with Gasteiger partial charge >= 0.3 is 0 Å². The van der Waals surface area contributed by atoms with Gasteiger partial charge in [0.1, 0.15) is 0 Å². The summed E-state index contributed by atoms with van der Waals surface area (Å²) in [6, 6.07) is 0. The van der Waals surface area contributed by atoms with Gasteiger partial charge in [0.05, 0.1) is 17.2 Å². The third kappa shape index (κ3) is 4.37. The molecule has 2 heterocycles. The van der Waals surface area contributed by atoms with Crippen LogP contribution in [-0.4, -0.2) is 28.9 Å². The van der Waals surface area contributed by atoms with Crippen molar-refractivity contribution in [3.8, 4) is 0 Å². The third-order valence-electron chi connectivity index (χ3n) is 3.17. The number of aromatic nitrogens is 1. The zero-order valence-corrected chi connectivity index (χ0v) is 11.2. The van der Waals surface area contributed by atoms with Crippen molar-refractivity contribution in [3.63, 3.8) is 0 Å². The first-order valence-electron chi connectivity index (χ1n) is 6.44. The second-order valence-electron chi connectivity index (χ2n) is 4.81. The Labute approximate surface area is 107 Å². The molecule has 2 atom stereocenters. The van der Waals surface area contributed by atoms with Gasteiger partial charge in [-0.1, -0.05) is 0 Å². The smallest absolute Gasteiger partial charge is 0.0953 e. The van der Waals surface area contributed by atoms with E-state index in [0.29, 0.717) is 12.5 Å². The number of thiazole rings is 1. The Kier molecular flexibility index (Phi) is 4.95. The zero-order valence-electron chi connectivity index (χ0n) is 10.4. The second-order valence-corrected chi connectivity index (χ2v) is 5.75. The van der Waals surface area contributed by atoms with E-state index in [0.717, 1.165) is 36.6 Å². The van der Waals surface area contributed by atoms with Gasteiger partial charge < -0.3 is 9.84 Å². The second kappa shape index (κ2) is 6.47. The molecule has 1 N–H and O–H groups in total. The molecule has 2 unspecified atom stereocenters. The lowest BCUT2D eigenvalue weighted by atomic mass is 10.0. The molecule has 1 aromatic heterocycles. The number of ether oxygens (including phenoxy) is 1. The monoisotopic (exact) mass is 255 g/mol. The molecule has 0 amide bonds. The van der Waals surface area contributed by atoms with Gasteiger partial charge in [0.2, 0.25) is 0 Å². The zero-order chi connectivity index (χ0) is 12.1. The molecule has 3 nitrogen and oxygen atoms in total. The van der Waals surface area contributed by atoms with Crippen molar-refractivity contribution in [2.75, 3.05) is 6.61 Å². The molecule has 4 heteroatoms. The van der Waals surface area contributed by atoms with Crippen LogP contribution in [0, 0.1) is 6.92 Å². The van der Waals surface area contributed by atoms with Crippen LogP contribution in [0.1, 0.15) is 42.8 Å². The minimum absolute atomic E-state index is 0.272. The van der Waals surface area contributed by atoms with Gasteiger partial charge in [0.25, 0.3) is 0 Å². The average molecular weight is 255 g/mol.